The second-order valence-corrected chi connectivity index (χ2v) is 6.42. The topological polar surface area (TPSA) is 58.6 Å². The van der Waals surface area contributed by atoms with Gasteiger partial charge in [0.15, 0.2) is 5.84 Å². The molecule has 0 unspecified atom stereocenters. The van der Waals surface area contributed by atoms with E-state index in [-0.39, 0.29) is 5.84 Å². The summed E-state index contributed by atoms with van der Waals surface area (Å²) in [5.41, 5.74) is 7.01. The molecule has 0 aliphatic carbocycles. The summed E-state index contributed by atoms with van der Waals surface area (Å²) in [7, 11) is 0. The normalized spacial score (nSPS) is 11.7. The molecule has 3 nitrogen and oxygen atoms in total. The van der Waals surface area contributed by atoms with Crippen LogP contribution in [-0.2, 0) is 5.75 Å². The van der Waals surface area contributed by atoms with Gasteiger partial charge in [-0.2, -0.15) is 0 Å². The highest BCUT2D eigenvalue weighted by atomic mass is 35.5. The third-order valence-electron chi connectivity index (χ3n) is 2.73. The molecule has 0 amide bonds. The van der Waals surface area contributed by atoms with Crippen LogP contribution in [0.2, 0.25) is 15.1 Å². The Morgan fingerprint density at radius 2 is 1.86 bits per heavy atom. The zero-order chi connectivity index (χ0) is 15.4. The SMILES string of the molecule is N/C(=N/O)c1ccc(CSc2cc(Cl)ccc2Cl)c(Cl)c1. The first-order valence-electron chi connectivity index (χ1n) is 5.85. The number of hydrogen-bond donors (Lipinski definition) is 2. The van der Waals surface area contributed by atoms with Gasteiger partial charge in [0.25, 0.3) is 0 Å². The third-order valence-corrected chi connectivity index (χ3v) is 4.87. The quantitative estimate of drug-likeness (QED) is 0.264. The van der Waals surface area contributed by atoms with Crippen LogP contribution in [0.3, 0.4) is 0 Å². The van der Waals surface area contributed by atoms with E-state index in [4.69, 9.17) is 45.7 Å². The van der Waals surface area contributed by atoms with E-state index in [1.807, 2.05) is 12.1 Å². The van der Waals surface area contributed by atoms with Crippen LogP contribution in [0.5, 0.6) is 0 Å². The Hall–Kier alpha value is -1.07. The molecule has 0 aliphatic heterocycles. The number of amidine groups is 1. The Kier molecular flexibility index (Phi) is 5.65. The lowest BCUT2D eigenvalue weighted by atomic mass is 10.1. The Bertz CT molecular complexity index is 692. The first kappa shape index (κ1) is 16.3. The average Bonchev–Trinajstić information content (AvgIpc) is 2.48. The van der Waals surface area contributed by atoms with E-state index in [0.29, 0.717) is 26.4 Å². The standard InChI is InChI=1S/C14H11Cl3N2OS/c15-10-3-4-11(16)13(6-10)21-7-9-2-1-8(5-12(9)17)14(18)19-20/h1-6,20H,7H2,(H2,18,19). The minimum absolute atomic E-state index is 0.0222. The van der Waals surface area contributed by atoms with Gasteiger partial charge in [0.05, 0.1) is 5.02 Å². The predicted octanol–water partition coefficient (Wildman–Crippen LogP) is 5.03. The fourth-order valence-electron chi connectivity index (χ4n) is 1.62. The van der Waals surface area contributed by atoms with E-state index >= 15 is 0 Å². The molecule has 0 bridgehead atoms. The molecular formula is C14H11Cl3N2OS. The zero-order valence-corrected chi connectivity index (χ0v) is 13.8. The summed E-state index contributed by atoms with van der Waals surface area (Å²) in [6, 6.07) is 10.6. The summed E-state index contributed by atoms with van der Waals surface area (Å²) in [4.78, 5) is 0.890. The van der Waals surface area contributed by atoms with Crippen molar-refractivity contribution in [2.75, 3.05) is 0 Å². The van der Waals surface area contributed by atoms with Gasteiger partial charge >= 0.3 is 0 Å². The lowest BCUT2D eigenvalue weighted by molar-refractivity contribution is 0.318. The van der Waals surface area contributed by atoms with Crippen LogP contribution in [0, 0.1) is 0 Å². The van der Waals surface area contributed by atoms with E-state index < -0.39 is 0 Å². The van der Waals surface area contributed by atoms with Gasteiger partial charge in [0, 0.05) is 26.3 Å². The lowest BCUT2D eigenvalue weighted by Crippen LogP contribution is -2.12. The third kappa shape index (κ3) is 4.20. The van der Waals surface area contributed by atoms with Gasteiger partial charge in [0.2, 0.25) is 0 Å². The summed E-state index contributed by atoms with van der Waals surface area (Å²) in [6.07, 6.45) is 0. The molecule has 0 radical (unpaired) electrons. The van der Waals surface area contributed by atoms with Crippen molar-refractivity contribution in [2.24, 2.45) is 10.9 Å². The van der Waals surface area contributed by atoms with Gasteiger partial charge in [-0.25, -0.2) is 0 Å². The molecule has 2 rings (SSSR count). The van der Waals surface area contributed by atoms with Crippen molar-refractivity contribution in [1.29, 1.82) is 0 Å². The molecule has 110 valence electrons. The maximum absolute atomic E-state index is 8.65. The van der Waals surface area contributed by atoms with E-state index in [1.54, 1.807) is 24.3 Å². The molecule has 21 heavy (non-hydrogen) atoms. The second kappa shape index (κ2) is 7.27. The molecule has 0 atom stereocenters. The average molecular weight is 362 g/mol. The van der Waals surface area contributed by atoms with Gasteiger partial charge in [-0.05, 0) is 29.8 Å². The highest BCUT2D eigenvalue weighted by Crippen LogP contribution is 2.33. The molecular weight excluding hydrogens is 351 g/mol. The minimum Gasteiger partial charge on any atom is -0.409 e. The van der Waals surface area contributed by atoms with E-state index in [2.05, 4.69) is 5.16 Å². The van der Waals surface area contributed by atoms with Crippen LogP contribution in [-0.4, -0.2) is 11.0 Å². The molecule has 2 aromatic carbocycles. The number of thioether (sulfide) groups is 1. The summed E-state index contributed by atoms with van der Waals surface area (Å²) >= 11 is 19.8. The largest absolute Gasteiger partial charge is 0.409 e. The summed E-state index contributed by atoms with van der Waals surface area (Å²) in [5.74, 6) is 0.656. The fourth-order valence-corrected chi connectivity index (χ4v) is 3.45. The van der Waals surface area contributed by atoms with Crippen LogP contribution in [0.1, 0.15) is 11.1 Å². The summed E-state index contributed by atoms with van der Waals surface area (Å²) < 4.78 is 0. The highest BCUT2D eigenvalue weighted by Gasteiger charge is 2.08. The predicted molar refractivity (Wildman–Crippen MR) is 90.0 cm³/mol. The second-order valence-electron chi connectivity index (χ2n) is 4.15. The number of hydrogen-bond acceptors (Lipinski definition) is 3. The zero-order valence-electron chi connectivity index (χ0n) is 10.7. The molecule has 0 saturated heterocycles. The molecule has 3 N–H and O–H groups in total. The maximum atomic E-state index is 8.65. The molecule has 0 fully saturated rings. The summed E-state index contributed by atoms with van der Waals surface area (Å²) in [5, 5.41) is 13.4. The lowest BCUT2D eigenvalue weighted by Gasteiger charge is -2.08. The minimum atomic E-state index is 0.0222. The maximum Gasteiger partial charge on any atom is 0.170 e. The first-order chi connectivity index (χ1) is 10.0. The molecule has 0 heterocycles. The number of nitrogens with zero attached hydrogens (tertiary/aromatic N) is 1. The molecule has 0 aromatic heterocycles. The van der Waals surface area contributed by atoms with Crippen molar-refractivity contribution < 1.29 is 5.21 Å². The van der Waals surface area contributed by atoms with Crippen molar-refractivity contribution in [3.8, 4) is 0 Å². The van der Waals surface area contributed by atoms with Gasteiger partial charge in [-0.15, -0.1) is 11.8 Å². The van der Waals surface area contributed by atoms with E-state index in [1.165, 1.54) is 11.8 Å². The van der Waals surface area contributed by atoms with Crippen LogP contribution >= 0.6 is 46.6 Å². The molecule has 2 aromatic rings. The summed E-state index contributed by atoms with van der Waals surface area (Å²) in [6.45, 7) is 0. The van der Waals surface area contributed by atoms with Gasteiger partial charge in [0.1, 0.15) is 0 Å². The smallest absolute Gasteiger partial charge is 0.170 e. The van der Waals surface area contributed by atoms with Crippen LogP contribution < -0.4 is 5.73 Å². The van der Waals surface area contributed by atoms with Gasteiger partial charge in [-0.1, -0.05) is 52.1 Å². The monoisotopic (exact) mass is 360 g/mol. The van der Waals surface area contributed by atoms with Crippen LogP contribution in [0.15, 0.2) is 46.4 Å². The van der Waals surface area contributed by atoms with Crippen molar-refractivity contribution >= 4 is 52.4 Å². The highest BCUT2D eigenvalue weighted by molar-refractivity contribution is 7.98. The molecule has 7 heteroatoms. The Labute approximate surface area is 141 Å². The van der Waals surface area contributed by atoms with Gasteiger partial charge < -0.3 is 10.9 Å². The number of nitrogens with two attached hydrogens (primary N) is 1. The van der Waals surface area contributed by atoms with Crippen molar-refractivity contribution in [1.82, 2.24) is 0 Å². The van der Waals surface area contributed by atoms with Crippen LogP contribution in [0.25, 0.3) is 0 Å². The van der Waals surface area contributed by atoms with Crippen molar-refractivity contribution in [3.63, 3.8) is 0 Å². The number of benzene rings is 2. The molecule has 0 aliphatic rings. The van der Waals surface area contributed by atoms with Crippen molar-refractivity contribution in [3.05, 3.63) is 62.6 Å². The van der Waals surface area contributed by atoms with Crippen LogP contribution in [0.4, 0.5) is 0 Å². The fraction of sp³-hybridized carbons (Fsp3) is 0.0714. The van der Waals surface area contributed by atoms with Crippen molar-refractivity contribution in [2.45, 2.75) is 10.6 Å². The molecule has 0 saturated carbocycles. The van der Waals surface area contributed by atoms with E-state index in [9.17, 15) is 0 Å². The number of rotatable bonds is 4. The number of oxime groups is 1. The first-order valence-corrected chi connectivity index (χ1v) is 7.97. The Morgan fingerprint density at radius 1 is 1.10 bits per heavy atom. The Balaban J connectivity index is 2.15. The molecule has 0 spiro atoms. The van der Waals surface area contributed by atoms with E-state index in [0.717, 1.165) is 10.5 Å². The Morgan fingerprint density at radius 3 is 2.52 bits per heavy atom. The van der Waals surface area contributed by atoms with Gasteiger partial charge in [-0.3, -0.25) is 0 Å². The number of halogens is 3.